The summed E-state index contributed by atoms with van der Waals surface area (Å²) in [5, 5.41) is 18.4. The van der Waals surface area contributed by atoms with Crippen molar-refractivity contribution in [1.82, 2.24) is 4.90 Å². The summed E-state index contributed by atoms with van der Waals surface area (Å²) in [5.41, 5.74) is -1.19. The van der Waals surface area contributed by atoms with Crippen molar-refractivity contribution in [3.63, 3.8) is 0 Å². The molecule has 2 rings (SSSR count). The molecule has 0 aromatic carbocycles. The number of carboxylic acids is 1. The van der Waals surface area contributed by atoms with Crippen molar-refractivity contribution in [3.8, 4) is 0 Å². The summed E-state index contributed by atoms with van der Waals surface area (Å²) in [5.74, 6) is -2.68. The first kappa shape index (κ1) is 13.7. The van der Waals surface area contributed by atoms with Crippen LogP contribution in [0.3, 0.4) is 0 Å². The lowest BCUT2D eigenvalue weighted by Crippen LogP contribution is -2.62. The molecule has 0 unspecified atom stereocenters. The molecule has 0 radical (unpaired) electrons. The zero-order chi connectivity index (χ0) is 13.6. The molecule has 98 valence electrons. The van der Waals surface area contributed by atoms with Crippen molar-refractivity contribution in [2.24, 2.45) is 5.92 Å². The lowest BCUT2D eigenvalue weighted by molar-refractivity contribution is -0.157. The second kappa shape index (κ2) is 4.76. The fraction of sp³-hybridized carbons (Fsp3) is 0.444. The van der Waals surface area contributed by atoms with E-state index in [1.165, 1.54) is 6.92 Å². The Morgan fingerprint density at radius 3 is 2.33 bits per heavy atom. The molecule has 0 spiro atoms. The van der Waals surface area contributed by atoms with E-state index in [2.05, 4.69) is 0 Å². The Labute approximate surface area is 115 Å². The van der Waals surface area contributed by atoms with Crippen LogP contribution in [0.25, 0.3) is 0 Å². The van der Waals surface area contributed by atoms with Crippen LogP contribution in [0, 0.1) is 5.92 Å². The molecule has 3 atom stereocenters. The standard InChI is InChI=1S/C9H8ClNO5S2/c1-2(12)3-5(10)11(6(3)13)4(7(14)15)8-17-9(16)18-8/h2-3,5,12H,1H3,(H,14,15)/t2-,3-,5-/m1/s1. The van der Waals surface area contributed by atoms with E-state index in [1.807, 2.05) is 0 Å². The number of nitrogens with zero attached hydrogens (tertiary/aromatic N) is 1. The van der Waals surface area contributed by atoms with Gasteiger partial charge in [-0.2, -0.15) is 0 Å². The van der Waals surface area contributed by atoms with Gasteiger partial charge in [0.1, 0.15) is 5.50 Å². The van der Waals surface area contributed by atoms with Crippen molar-refractivity contribution in [2.45, 2.75) is 18.5 Å². The molecule has 2 fully saturated rings. The maximum Gasteiger partial charge on any atom is 0.354 e. The third-order valence-electron chi connectivity index (χ3n) is 2.57. The molecule has 0 aliphatic carbocycles. The Bertz CT molecular complexity index is 468. The molecular formula is C9H8ClNO5S2. The molecule has 2 aliphatic rings. The average Bonchev–Trinajstić information content (AvgIpc) is 2.20. The van der Waals surface area contributed by atoms with E-state index in [1.54, 1.807) is 0 Å². The van der Waals surface area contributed by atoms with Gasteiger partial charge < -0.3 is 10.2 Å². The molecule has 2 saturated heterocycles. The van der Waals surface area contributed by atoms with Gasteiger partial charge in [-0.1, -0.05) is 11.6 Å². The van der Waals surface area contributed by atoms with E-state index in [0.29, 0.717) is 0 Å². The highest BCUT2D eigenvalue weighted by Gasteiger charge is 2.53. The van der Waals surface area contributed by atoms with Crippen LogP contribution >= 0.6 is 35.1 Å². The van der Waals surface area contributed by atoms with Gasteiger partial charge >= 0.3 is 5.97 Å². The number of aliphatic hydroxyl groups excluding tert-OH is 1. The number of aliphatic carboxylic acids is 1. The first-order chi connectivity index (χ1) is 8.34. The van der Waals surface area contributed by atoms with E-state index < -0.39 is 29.4 Å². The van der Waals surface area contributed by atoms with Crippen molar-refractivity contribution in [2.75, 3.05) is 0 Å². The van der Waals surface area contributed by atoms with E-state index in [0.717, 1.165) is 28.4 Å². The second-order valence-electron chi connectivity index (χ2n) is 3.74. The number of thioether (sulfide) groups is 2. The summed E-state index contributed by atoms with van der Waals surface area (Å²) in [4.78, 5) is 34.6. The summed E-state index contributed by atoms with van der Waals surface area (Å²) < 4.78 is 0.0189. The van der Waals surface area contributed by atoms with Crippen LogP contribution in [0.15, 0.2) is 9.93 Å². The molecule has 2 aliphatic heterocycles. The van der Waals surface area contributed by atoms with Gasteiger partial charge in [0, 0.05) is 0 Å². The van der Waals surface area contributed by atoms with Crippen LogP contribution in [-0.2, 0) is 9.59 Å². The van der Waals surface area contributed by atoms with Gasteiger partial charge in [-0.15, -0.1) is 0 Å². The second-order valence-corrected chi connectivity index (χ2v) is 6.67. The normalized spacial score (nSPS) is 28.6. The lowest BCUT2D eigenvalue weighted by atomic mass is 9.92. The SMILES string of the molecule is C[C@@H](O)[C@H]1C(=O)N(C(C(=O)O)=C2SC(=O)S2)[C@H]1Cl. The number of alkyl halides is 1. The van der Waals surface area contributed by atoms with Gasteiger partial charge in [0.15, 0.2) is 5.70 Å². The van der Waals surface area contributed by atoms with E-state index in [4.69, 9.17) is 16.7 Å². The minimum absolute atomic E-state index is 0.227. The van der Waals surface area contributed by atoms with E-state index >= 15 is 0 Å². The Balaban J connectivity index is 2.26. The fourth-order valence-electron chi connectivity index (χ4n) is 1.69. The van der Waals surface area contributed by atoms with Gasteiger partial charge in [0.05, 0.1) is 16.3 Å². The predicted molar refractivity (Wildman–Crippen MR) is 66.9 cm³/mol. The van der Waals surface area contributed by atoms with Gasteiger partial charge in [0.2, 0.25) is 5.91 Å². The van der Waals surface area contributed by atoms with Gasteiger partial charge in [-0.3, -0.25) is 14.5 Å². The number of hydrogen-bond acceptors (Lipinski definition) is 6. The van der Waals surface area contributed by atoms with Crippen LogP contribution < -0.4 is 0 Å². The van der Waals surface area contributed by atoms with Crippen molar-refractivity contribution in [1.29, 1.82) is 0 Å². The molecule has 2 heterocycles. The van der Waals surface area contributed by atoms with E-state index in [9.17, 15) is 19.5 Å². The molecule has 9 heteroatoms. The smallest absolute Gasteiger partial charge is 0.354 e. The predicted octanol–water partition coefficient (Wildman–Crippen LogP) is 1.24. The van der Waals surface area contributed by atoms with Crippen LogP contribution in [0.1, 0.15) is 6.92 Å². The number of amides is 1. The molecule has 0 aromatic rings. The molecule has 2 N–H and O–H groups in total. The number of aliphatic hydroxyl groups is 1. The first-order valence-electron chi connectivity index (χ1n) is 4.87. The Morgan fingerprint density at radius 1 is 1.44 bits per heavy atom. The molecule has 1 amide bonds. The molecule has 6 nitrogen and oxygen atoms in total. The van der Waals surface area contributed by atoms with Gasteiger partial charge in [-0.05, 0) is 30.4 Å². The minimum Gasteiger partial charge on any atom is -0.477 e. The number of carboxylic acid groups (broad SMARTS) is 1. The topological polar surface area (TPSA) is 94.9 Å². The average molecular weight is 310 g/mol. The van der Waals surface area contributed by atoms with Crippen LogP contribution in [-0.4, -0.2) is 43.0 Å². The van der Waals surface area contributed by atoms with Crippen molar-refractivity contribution < 1.29 is 24.6 Å². The van der Waals surface area contributed by atoms with Crippen molar-refractivity contribution >= 4 is 51.4 Å². The summed E-state index contributed by atoms with van der Waals surface area (Å²) >= 11 is 7.44. The third kappa shape index (κ3) is 2.03. The number of likely N-dealkylation sites (tertiary alicyclic amines) is 1. The lowest BCUT2D eigenvalue weighted by Gasteiger charge is -2.45. The number of carbonyl (C=O) groups is 3. The maximum atomic E-state index is 11.8. The fourth-order valence-corrected chi connectivity index (χ4v) is 3.79. The quantitative estimate of drug-likeness (QED) is 0.350. The third-order valence-corrected chi connectivity index (χ3v) is 5.13. The van der Waals surface area contributed by atoms with Crippen LogP contribution in [0.4, 0.5) is 4.79 Å². The van der Waals surface area contributed by atoms with Crippen LogP contribution in [0.5, 0.6) is 0 Å². The van der Waals surface area contributed by atoms with Gasteiger partial charge in [-0.25, -0.2) is 4.79 Å². The number of hydrogen-bond donors (Lipinski definition) is 2. The number of carbonyl (C=O) groups excluding carboxylic acids is 2. The first-order valence-corrected chi connectivity index (χ1v) is 6.94. The summed E-state index contributed by atoms with van der Waals surface area (Å²) in [7, 11) is 0. The van der Waals surface area contributed by atoms with Crippen molar-refractivity contribution in [3.05, 3.63) is 9.93 Å². The van der Waals surface area contributed by atoms with Crippen LogP contribution in [0.2, 0.25) is 0 Å². The molecule has 0 aromatic heterocycles. The Kier molecular flexibility index (Phi) is 3.63. The highest BCUT2D eigenvalue weighted by molar-refractivity contribution is 8.57. The number of halogens is 1. The molecular weight excluding hydrogens is 302 g/mol. The monoisotopic (exact) mass is 309 g/mol. The zero-order valence-electron chi connectivity index (χ0n) is 8.99. The zero-order valence-corrected chi connectivity index (χ0v) is 11.4. The molecule has 0 bridgehead atoms. The highest BCUT2D eigenvalue weighted by atomic mass is 35.5. The minimum atomic E-state index is -1.32. The van der Waals surface area contributed by atoms with Gasteiger partial charge in [0.25, 0.3) is 4.45 Å². The molecule has 0 saturated carbocycles. The summed E-state index contributed by atoms with van der Waals surface area (Å²) in [6.07, 6.45) is -0.945. The Hall–Kier alpha value is -0.700. The summed E-state index contributed by atoms with van der Waals surface area (Å²) in [6, 6.07) is 0. The Morgan fingerprint density at radius 2 is 2.00 bits per heavy atom. The molecule has 18 heavy (non-hydrogen) atoms. The number of rotatable bonds is 3. The maximum absolute atomic E-state index is 11.8. The number of β-lactam (4-membered cyclic amide) rings is 1. The highest BCUT2D eigenvalue weighted by Crippen LogP contribution is 2.50. The summed E-state index contributed by atoms with van der Waals surface area (Å²) in [6.45, 7) is 1.42. The van der Waals surface area contributed by atoms with E-state index in [-0.39, 0.29) is 14.4 Å². The largest absolute Gasteiger partial charge is 0.477 e.